The summed E-state index contributed by atoms with van der Waals surface area (Å²) in [5.74, 6) is 0.414. The van der Waals surface area contributed by atoms with Gasteiger partial charge in [0.25, 0.3) is 0 Å². The number of rotatable bonds is 10. The number of guanidine groups is 1. The third kappa shape index (κ3) is 8.88. The Bertz CT molecular complexity index is 486. The van der Waals surface area contributed by atoms with E-state index in [1.165, 1.54) is 6.07 Å². The van der Waals surface area contributed by atoms with E-state index in [0.717, 1.165) is 24.0 Å². The van der Waals surface area contributed by atoms with E-state index in [1.807, 2.05) is 13.0 Å². The number of ether oxygens (including phenoxy) is 2. The Kier molecular flexibility index (Phi) is 10.6. The molecule has 23 heavy (non-hydrogen) atoms. The van der Waals surface area contributed by atoms with E-state index < -0.39 is 0 Å². The van der Waals surface area contributed by atoms with Crippen LogP contribution in [0.5, 0.6) is 0 Å². The van der Waals surface area contributed by atoms with Gasteiger partial charge in [-0.15, -0.1) is 0 Å². The highest BCUT2D eigenvalue weighted by Gasteiger charge is 2.03. The van der Waals surface area contributed by atoms with E-state index in [-0.39, 0.29) is 5.82 Å². The minimum Gasteiger partial charge on any atom is -0.382 e. The number of aliphatic imine (C=N–C) groups is 1. The fourth-order valence-corrected chi connectivity index (χ4v) is 2.11. The third-order valence-corrected chi connectivity index (χ3v) is 3.45. The monoisotopic (exact) mass is 389 g/mol. The predicted octanol–water partition coefficient (Wildman–Crippen LogP) is 2.70. The molecule has 0 amide bonds. The smallest absolute Gasteiger partial charge is 0.191 e. The van der Waals surface area contributed by atoms with E-state index in [2.05, 4.69) is 31.6 Å². The number of hydrogen-bond acceptors (Lipinski definition) is 3. The van der Waals surface area contributed by atoms with Gasteiger partial charge in [-0.25, -0.2) is 9.38 Å². The Balaban J connectivity index is 2.38. The molecule has 0 atom stereocenters. The summed E-state index contributed by atoms with van der Waals surface area (Å²) in [7, 11) is 1.65. The summed E-state index contributed by atoms with van der Waals surface area (Å²) < 4.78 is 24.8. The minimum absolute atomic E-state index is 0.259. The van der Waals surface area contributed by atoms with Crippen molar-refractivity contribution in [2.75, 3.05) is 40.0 Å². The van der Waals surface area contributed by atoms with Crippen LogP contribution >= 0.6 is 15.9 Å². The van der Waals surface area contributed by atoms with E-state index >= 15 is 0 Å². The van der Waals surface area contributed by atoms with Gasteiger partial charge in [-0.05, 0) is 25.5 Å². The molecule has 0 radical (unpaired) electrons. The first-order valence-electron chi connectivity index (χ1n) is 7.70. The maximum absolute atomic E-state index is 13.8. The largest absolute Gasteiger partial charge is 0.382 e. The van der Waals surface area contributed by atoms with Crippen LogP contribution in [-0.2, 0) is 16.0 Å². The SMILES string of the molecule is CCNC(=NCc1ccc(Br)cc1F)NCCCOCCOC. The van der Waals surface area contributed by atoms with E-state index in [1.54, 1.807) is 13.2 Å². The highest BCUT2D eigenvalue weighted by Crippen LogP contribution is 2.15. The fourth-order valence-electron chi connectivity index (χ4n) is 1.78. The van der Waals surface area contributed by atoms with Gasteiger partial charge in [0.15, 0.2) is 5.96 Å². The number of halogens is 2. The number of nitrogens with zero attached hydrogens (tertiary/aromatic N) is 1. The molecule has 130 valence electrons. The molecule has 0 aliphatic heterocycles. The van der Waals surface area contributed by atoms with Crippen LogP contribution in [0.25, 0.3) is 0 Å². The van der Waals surface area contributed by atoms with Gasteiger partial charge >= 0.3 is 0 Å². The average Bonchev–Trinajstić information content (AvgIpc) is 2.53. The standard InChI is InChI=1S/C16H25BrFN3O2/c1-3-19-16(20-7-4-8-23-10-9-22-2)21-12-13-5-6-14(17)11-15(13)18/h5-6,11H,3-4,7-10,12H2,1-2H3,(H2,19,20,21). The van der Waals surface area contributed by atoms with Crippen LogP contribution in [-0.4, -0.2) is 46.0 Å². The molecule has 0 aromatic heterocycles. The highest BCUT2D eigenvalue weighted by atomic mass is 79.9. The molecule has 0 aliphatic carbocycles. The molecular weight excluding hydrogens is 365 g/mol. The molecular formula is C16H25BrFN3O2. The molecule has 7 heteroatoms. The quantitative estimate of drug-likeness (QED) is 0.367. The lowest BCUT2D eigenvalue weighted by molar-refractivity contribution is 0.0698. The summed E-state index contributed by atoms with van der Waals surface area (Å²) in [6, 6.07) is 4.99. The lowest BCUT2D eigenvalue weighted by atomic mass is 10.2. The molecule has 1 aromatic rings. The van der Waals surface area contributed by atoms with Crippen LogP contribution in [0.3, 0.4) is 0 Å². The highest BCUT2D eigenvalue weighted by molar-refractivity contribution is 9.10. The Morgan fingerprint density at radius 2 is 2.09 bits per heavy atom. The molecule has 0 bridgehead atoms. The lowest BCUT2D eigenvalue weighted by Gasteiger charge is -2.11. The summed E-state index contributed by atoms with van der Waals surface area (Å²) >= 11 is 3.25. The molecule has 0 saturated heterocycles. The number of nitrogens with one attached hydrogen (secondary N) is 2. The van der Waals surface area contributed by atoms with Gasteiger partial charge in [0.1, 0.15) is 5.82 Å². The van der Waals surface area contributed by atoms with Gasteiger partial charge in [0, 0.05) is 36.8 Å². The lowest BCUT2D eigenvalue weighted by Crippen LogP contribution is -2.38. The van der Waals surface area contributed by atoms with Crippen molar-refractivity contribution in [2.24, 2.45) is 4.99 Å². The second kappa shape index (κ2) is 12.3. The van der Waals surface area contributed by atoms with Crippen molar-refractivity contribution in [1.82, 2.24) is 10.6 Å². The third-order valence-electron chi connectivity index (χ3n) is 2.96. The van der Waals surface area contributed by atoms with Gasteiger partial charge in [0.05, 0.1) is 19.8 Å². The van der Waals surface area contributed by atoms with Crippen LogP contribution in [0.4, 0.5) is 4.39 Å². The molecule has 0 fully saturated rings. The molecule has 2 N–H and O–H groups in total. The normalized spacial score (nSPS) is 11.6. The second-order valence-electron chi connectivity index (χ2n) is 4.82. The van der Waals surface area contributed by atoms with Crippen molar-refractivity contribution in [3.8, 4) is 0 Å². The second-order valence-corrected chi connectivity index (χ2v) is 5.73. The molecule has 0 aliphatic rings. The zero-order valence-corrected chi connectivity index (χ0v) is 15.3. The Morgan fingerprint density at radius 3 is 2.78 bits per heavy atom. The Hall–Kier alpha value is -1.18. The van der Waals surface area contributed by atoms with Crippen LogP contribution in [0.15, 0.2) is 27.7 Å². The predicted molar refractivity (Wildman–Crippen MR) is 94.2 cm³/mol. The first kappa shape index (κ1) is 19.9. The topological polar surface area (TPSA) is 54.9 Å². The Labute approximate surface area is 145 Å². The zero-order valence-electron chi connectivity index (χ0n) is 13.7. The summed E-state index contributed by atoms with van der Waals surface area (Å²) in [4.78, 5) is 4.40. The molecule has 1 rings (SSSR count). The van der Waals surface area contributed by atoms with Gasteiger partial charge in [-0.3, -0.25) is 0 Å². The van der Waals surface area contributed by atoms with Crippen molar-refractivity contribution < 1.29 is 13.9 Å². The van der Waals surface area contributed by atoms with Crippen molar-refractivity contribution >= 4 is 21.9 Å². The van der Waals surface area contributed by atoms with Gasteiger partial charge < -0.3 is 20.1 Å². The molecule has 0 heterocycles. The molecule has 0 saturated carbocycles. The molecule has 1 aromatic carbocycles. The number of benzene rings is 1. The summed E-state index contributed by atoms with van der Waals surface area (Å²) in [5, 5.41) is 6.35. The van der Waals surface area contributed by atoms with Crippen molar-refractivity contribution in [1.29, 1.82) is 0 Å². The maximum atomic E-state index is 13.8. The summed E-state index contributed by atoms with van der Waals surface area (Å²) in [5.41, 5.74) is 0.563. The van der Waals surface area contributed by atoms with E-state index in [9.17, 15) is 4.39 Å². The van der Waals surface area contributed by atoms with Gasteiger partial charge in [0.2, 0.25) is 0 Å². The average molecular weight is 390 g/mol. The number of methoxy groups -OCH3 is 1. The van der Waals surface area contributed by atoms with Crippen molar-refractivity contribution in [2.45, 2.75) is 19.9 Å². The van der Waals surface area contributed by atoms with E-state index in [0.29, 0.717) is 37.9 Å². The van der Waals surface area contributed by atoms with E-state index in [4.69, 9.17) is 9.47 Å². The first-order valence-corrected chi connectivity index (χ1v) is 8.49. The van der Waals surface area contributed by atoms with Gasteiger partial charge in [-0.1, -0.05) is 22.0 Å². The summed E-state index contributed by atoms with van der Waals surface area (Å²) in [6.45, 7) is 5.64. The fraction of sp³-hybridized carbons (Fsp3) is 0.562. The summed E-state index contributed by atoms with van der Waals surface area (Å²) in [6.07, 6.45) is 0.862. The molecule has 0 unspecified atom stereocenters. The van der Waals surface area contributed by atoms with Crippen molar-refractivity contribution in [3.05, 3.63) is 34.1 Å². The first-order chi connectivity index (χ1) is 11.2. The maximum Gasteiger partial charge on any atom is 0.191 e. The number of hydrogen-bond donors (Lipinski definition) is 2. The van der Waals surface area contributed by atoms with Crippen LogP contribution in [0.2, 0.25) is 0 Å². The van der Waals surface area contributed by atoms with Crippen LogP contribution < -0.4 is 10.6 Å². The Morgan fingerprint density at radius 1 is 1.26 bits per heavy atom. The molecule has 0 spiro atoms. The van der Waals surface area contributed by atoms with Crippen LogP contribution in [0, 0.1) is 5.82 Å². The zero-order chi connectivity index (χ0) is 16.9. The van der Waals surface area contributed by atoms with Gasteiger partial charge in [-0.2, -0.15) is 0 Å². The minimum atomic E-state index is -0.259. The molecule has 5 nitrogen and oxygen atoms in total. The van der Waals surface area contributed by atoms with Crippen molar-refractivity contribution in [3.63, 3.8) is 0 Å². The van der Waals surface area contributed by atoms with Crippen LogP contribution in [0.1, 0.15) is 18.9 Å².